The largest absolute Gasteiger partial charge is 0.478 e. The fourth-order valence-corrected chi connectivity index (χ4v) is 4.54. The van der Waals surface area contributed by atoms with E-state index in [2.05, 4.69) is 10.6 Å². The number of nitrogens with one attached hydrogen (secondary N) is 2. The fraction of sp³-hybridized carbons (Fsp3) is 0.167. The Hall–Kier alpha value is -3.02. The second kappa shape index (κ2) is 7.91. The lowest BCUT2D eigenvalue weighted by atomic mass is 9.83. The summed E-state index contributed by atoms with van der Waals surface area (Å²) in [6.45, 7) is 3.66. The SMILES string of the molecule is Cc1cc(C)c(NC2(Cc3cccc(Cl)c3)C(=O)Nc3cc(Cl)ccc32)c(C(=O)O)c1. The van der Waals surface area contributed by atoms with Gasteiger partial charge in [0.25, 0.3) is 5.91 Å². The van der Waals surface area contributed by atoms with Gasteiger partial charge < -0.3 is 15.7 Å². The van der Waals surface area contributed by atoms with Crippen molar-refractivity contribution >= 4 is 46.5 Å². The Kier molecular flexibility index (Phi) is 5.42. The highest BCUT2D eigenvalue weighted by Gasteiger charge is 2.47. The van der Waals surface area contributed by atoms with Gasteiger partial charge in [0.05, 0.1) is 11.3 Å². The van der Waals surface area contributed by atoms with Crippen molar-refractivity contribution in [2.45, 2.75) is 25.8 Å². The molecule has 1 aliphatic rings. The highest BCUT2D eigenvalue weighted by molar-refractivity contribution is 6.31. The predicted molar refractivity (Wildman–Crippen MR) is 123 cm³/mol. The molecule has 1 heterocycles. The summed E-state index contributed by atoms with van der Waals surface area (Å²) in [5, 5.41) is 17.1. The molecule has 0 saturated carbocycles. The minimum Gasteiger partial charge on any atom is -0.478 e. The summed E-state index contributed by atoms with van der Waals surface area (Å²) in [7, 11) is 0. The van der Waals surface area contributed by atoms with Crippen LogP contribution in [-0.2, 0) is 16.8 Å². The van der Waals surface area contributed by atoms with Crippen LogP contribution in [0.2, 0.25) is 10.0 Å². The Bertz CT molecular complexity index is 1230. The van der Waals surface area contributed by atoms with Crippen LogP contribution in [0, 0.1) is 13.8 Å². The molecule has 7 heteroatoms. The molecule has 0 fully saturated rings. The maximum Gasteiger partial charge on any atom is 0.337 e. The summed E-state index contributed by atoms with van der Waals surface area (Å²) < 4.78 is 0. The number of carboxylic acid groups (broad SMARTS) is 1. The van der Waals surface area contributed by atoms with Gasteiger partial charge in [-0.05, 0) is 60.9 Å². The molecule has 1 aliphatic heterocycles. The molecule has 3 N–H and O–H groups in total. The van der Waals surface area contributed by atoms with Gasteiger partial charge in [0.2, 0.25) is 0 Å². The number of aryl methyl sites for hydroxylation is 2. The average molecular weight is 455 g/mol. The zero-order valence-corrected chi connectivity index (χ0v) is 18.4. The number of amides is 1. The van der Waals surface area contributed by atoms with E-state index < -0.39 is 11.5 Å². The molecule has 1 amide bonds. The highest BCUT2D eigenvalue weighted by atomic mass is 35.5. The molecule has 0 spiro atoms. The Labute approximate surface area is 190 Å². The molecule has 5 nitrogen and oxygen atoms in total. The van der Waals surface area contributed by atoms with E-state index in [0.29, 0.717) is 27.0 Å². The third kappa shape index (κ3) is 3.87. The summed E-state index contributed by atoms with van der Waals surface area (Å²) in [6.07, 6.45) is 0.264. The van der Waals surface area contributed by atoms with E-state index in [1.54, 1.807) is 36.4 Å². The lowest BCUT2D eigenvalue weighted by molar-refractivity contribution is -0.119. The Balaban J connectivity index is 1.92. The average Bonchev–Trinajstić information content (AvgIpc) is 2.94. The number of rotatable bonds is 5. The van der Waals surface area contributed by atoms with Crippen molar-refractivity contribution in [2.24, 2.45) is 0 Å². The van der Waals surface area contributed by atoms with Crippen LogP contribution in [0.5, 0.6) is 0 Å². The first-order valence-electron chi connectivity index (χ1n) is 9.68. The number of fused-ring (bicyclic) bond motifs is 1. The molecular weight excluding hydrogens is 435 g/mol. The smallest absolute Gasteiger partial charge is 0.337 e. The second-order valence-electron chi connectivity index (χ2n) is 7.79. The number of carboxylic acids is 1. The van der Waals surface area contributed by atoms with E-state index in [4.69, 9.17) is 23.2 Å². The van der Waals surface area contributed by atoms with Crippen LogP contribution in [0.25, 0.3) is 0 Å². The molecule has 3 aromatic carbocycles. The lowest BCUT2D eigenvalue weighted by Gasteiger charge is -2.32. The van der Waals surface area contributed by atoms with E-state index in [9.17, 15) is 14.7 Å². The van der Waals surface area contributed by atoms with Crippen LogP contribution in [0.1, 0.15) is 32.6 Å². The molecule has 0 radical (unpaired) electrons. The second-order valence-corrected chi connectivity index (χ2v) is 8.66. The van der Waals surface area contributed by atoms with Crippen molar-refractivity contribution in [1.29, 1.82) is 0 Å². The van der Waals surface area contributed by atoms with Crippen LogP contribution in [0.4, 0.5) is 11.4 Å². The van der Waals surface area contributed by atoms with Gasteiger partial charge in [-0.15, -0.1) is 0 Å². The summed E-state index contributed by atoms with van der Waals surface area (Å²) in [5.74, 6) is -1.36. The van der Waals surface area contributed by atoms with Crippen molar-refractivity contribution in [3.63, 3.8) is 0 Å². The van der Waals surface area contributed by atoms with Crippen LogP contribution in [0.3, 0.4) is 0 Å². The van der Waals surface area contributed by atoms with Crippen molar-refractivity contribution in [1.82, 2.24) is 0 Å². The van der Waals surface area contributed by atoms with E-state index in [0.717, 1.165) is 16.7 Å². The third-order valence-corrected chi connectivity index (χ3v) is 5.95. The van der Waals surface area contributed by atoms with Gasteiger partial charge >= 0.3 is 5.97 Å². The number of benzene rings is 3. The third-order valence-electron chi connectivity index (χ3n) is 5.48. The van der Waals surface area contributed by atoms with Gasteiger partial charge in [0.1, 0.15) is 5.54 Å². The van der Waals surface area contributed by atoms with Crippen LogP contribution >= 0.6 is 23.2 Å². The maximum absolute atomic E-state index is 13.4. The first kappa shape index (κ1) is 21.2. The van der Waals surface area contributed by atoms with E-state index in [1.165, 1.54) is 0 Å². The molecule has 0 bridgehead atoms. The topological polar surface area (TPSA) is 78.4 Å². The summed E-state index contributed by atoms with van der Waals surface area (Å²) in [6, 6.07) is 15.9. The first-order valence-corrected chi connectivity index (χ1v) is 10.4. The maximum atomic E-state index is 13.4. The van der Waals surface area contributed by atoms with E-state index >= 15 is 0 Å². The van der Waals surface area contributed by atoms with Gasteiger partial charge in [-0.3, -0.25) is 4.79 Å². The molecule has 0 aliphatic carbocycles. The number of anilines is 2. The Morgan fingerprint density at radius 3 is 2.52 bits per heavy atom. The number of carbonyl (C=O) groups is 2. The standard InChI is InChI=1S/C24H20Cl2N2O3/c1-13-8-14(2)21(18(9-13)22(29)30)28-24(12-15-4-3-5-16(25)10-15)19-7-6-17(26)11-20(19)27-23(24)31/h3-11,28H,12H2,1-2H3,(H,27,31)(H,29,30). The van der Waals surface area contributed by atoms with Gasteiger partial charge in [0, 0.05) is 27.7 Å². The number of hydrogen-bond donors (Lipinski definition) is 3. The molecule has 1 atom stereocenters. The van der Waals surface area contributed by atoms with Crippen molar-refractivity contribution in [3.8, 4) is 0 Å². The molecule has 1 unspecified atom stereocenters. The molecule has 31 heavy (non-hydrogen) atoms. The van der Waals surface area contributed by atoms with Crippen LogP contribution < -0.4 is 10.6 Å². The molecule has 0 aromatic heterocycles. The zero-order chi connectivity index (χ0) is 22.3. The predicted octanol–water partition coefficient (Wildman–Crippen LogP) is 5.81. The number of carbonyl (C=O) groups excluding carboxylic acids is 1. The summed E-state index contributed by atoms with van der Waals surface area (Å²) >= 11 is 12.3. The summed E-state index contributed by atoms with van der Waals surface area (Å²) in [4.78, 5) is 25.4. The fourth-order valence-electron chi connectivity index (χ4n) is 4.16. The first-order chi connectivity index (χ1) is 14.7. The number of halogens is 2. The van der Waals surface area contributed by atoms with Gasteiger partial charge in [0.15, 0.2) is 0 Å². The monoisotopic (exact) mass is 454 g/mol. The molecule has 3 aromatic rings. The molecular formula is C24H20Cl2N2O3. The van der Waals surface area contributed by atoms with Gasteiger partial charge in [-0.25, -0.2) is 4.79 Å². The quantitative estimate of drug-likeness (QED) is 0.454. The van der Waals surface area contributed by atoms with Crippen molar-refractivity contribution in [3.05, 3.63) is 92.5 Å². The molecule has 0 saturated heterocycles. The Morgan fingerprint density at radius 2 is 1.81 bits per heavy atom. The highest BCUT2D eigenvalue weighted by Crippen LogP contribution is 2.43. The van der Waals surface area contributed by atoms with Crippen molar-refractivity contribution in [2.75, 3.05) is 10.6 Å². The molecule has 158 valence electrons. The normalized spacial score (nSPS) is 17.2. The van der Waals surface area contributed by atoms with E-state index in [-0.39, 0.29) is 17.9 Å². The van der Waals surface area contributed by atoms with Gasteiger partial charge in [-0.1, -0.05) is 47.5 Å². The van der Waals surface area contributed by atoms with Gasteiger partial charge in [-0.2, -0.15) is 0 Å². The van der Waals surface area contributed by atoms with Crippen molar-refractivity contribution < 1.29 is 14.7 Å². The minimum atomic E-state index is -1.24. The van der Waals surface area contributed by atoms with Crippen LogP contribution in [-0.4, -0.2) is 17.0 Å². The number of hydrogen-bond acceptors (Lipinski definition) is 3. The molecule has 4 rings (SSSR count). The Morgan fingerprint density at radius 1 is 1.06 bits per heavy atom. The number of aromatic carboxylic acids is 1. The lowest BCUT2D eigenvalue weighted by Crippen LogP contribution is -2.44. The summed E-state index contributed by atoms with van der Waals surface area (Å²) in [5.41, 5.74) is 2.95. The minimum absolute atomic E-state index is 0.109. The van der Waals surface area contributed by atoms with Crippen LogP contribution in [0.15, 0.2) is 54.6 Å². The zero-order valence-electron chi connectivity index (χ0n) is 16.9. The van der Waals surface area contributed by atoms with E-state index in [1.807, 2.05) is 32.0 Å².